The topological polar surface area (TPSA) is 21.3 Å². The first kappa shape index (κ1) is 19.4. The SMILES string of the molecule is CCOC(c1ccccc1)(c1ccccc1)C(C)CNCC=C(C)C. The monoisotopic (exact) mass is 337 g/mol. The number of ether oxygens (including phenoxy) is 1. The molecular weight excluding hydrogens is 306 g/mol. The van der Waals surface area contributed by atoms with Crippen LogP contribution in [0.4, 0.5) is 0 Å². The highest BCUT2D eigenvalue weighted by molar-refractivity contribution is 5.37. The molecule has 0 aliphatic heterocycles. The Morgan fingerprint density at radius 1 is 1.00 bits per heavy atom. The van der Waals surface area contributed by atoms with Crippen LogP contribution in [0.2, 0.25) is 0 Å². The molecule has 0 aromatic heterocycles. The maximum Gasteiger partial charge on any atom is 0.122 e. The molecule has 1 N–H and O–H groups in total. The fourth-order valence-corrected chi connectivity index (χ4v) is 3.36. The number of rotatable bonds is 9. The Morgan fingerprint density at radius 3 is 1.96 bits per heavy atom. The fourth-order valence-electron chi connectivity index (χ4n) is 3.36. The molecule has 134 valence electrons. The van der Waals surface area contributed by atoms with Crippen molar-refractivity contribution < 1.29 is 4.74 Å². The zero-order chi connectivity index (χ0) is 18.1. The third kappa shape index (κ3) is 4.81. The molecule has 2 rings (SSSR count). The molecule has 2 aromatic carbocycles. The van der Waals surface area contributed by atoms with E-state index in [4.69, 9.17) is 4.74 Å². The van der Waals surface area contributed by atoms with Gasteiger partial charge in [-0.1, -0.05) is 79.2 Å². The van der Waals surface area contributed by atoms with E-state index in [-0.39, 0.29) is 5.92 Å². The van der Waals surface area contributed by atoms with Crippen molar-refractivity contribution in [3.05, 3.63) is 83.4 Å². The summed E-state index contributed by atoms with van der Waals surface area (Å²) in [5.74, 6) is 0.280. The van der Waals surface area contributed by atoms with E-state index in [0.29, 0.717) is 6.61 Å². The Kier molecular flexibility index (Phi) is 7.42. The molecule has 0 bridgehead atoms. The standard InChI is InChI=1S/C23H31NO/c1-5-25-23(21-12-8-6-9-13-21,22-14-10-7-11-15-22)20(4)18-24-17-16-19(2)3/h6-16,20,24H,5,17-18H2,1-4H3. The van der Waals surface area contributed by atoms with Crippen LogP contribution in [-0.2, 0) is 10.3 Å². The molecule has 0 radical (unpaired) electrons. The van der Waals surface area contributed by atoms with Gasteiger partial charge in [-0.25, -0.2) is 0 Å². The van der Waals surface area contributed by atoms with Crippen molar-refractivity contribution in [3.63, 3.8) is 0 Å². The van der Waals surface area contributed by atoms with E-state index in [1.54, 1.807) is 0 Å². The van der Waals surface area contributed by atoms with Crippen LogP contribution >= 0.6 is 0 Å². The van der Waals surface area contributed by atoms with Crippen molar-refractivity contribution in [2.45, 2.75) is 33.3 Å². The maximum atomic E-state index is 6.49. The van der Waals surface area contributed by atoms with Gasteiger partial charge < -0.3 is 10.1 Å². The first-order valence-electron chi connectivity index (χ1n) is 9.20. The van der Waals surface area contributed by atoms with Crippen molar-refractivity contribution in [3.8, 4) is 0 Å². The number of nitrogens with one attached hydrogen (secondary N) is 1. The van der Waals surface area contributed by atoms with Gasteiger partial charge in [0.05, 0.1) is 0 Å². The molecule has 0 spiro atoms. The van der Waals surface area contributed by atoms with Crippen molar-refractivity contribution in [1.29, 1.82) is 0 Å². The summed E-state index contributed by atoms with van der Waals surface area (Å²) in [4.78, 5) is 0. The Labute approximate surface area is 152 Å². The van der Waals surface area contributed by atoms with Gasteiger partial charge in [0.2, 0.25) is 0 Å². The average Bonchev–Trinajstić information content (AvgIpc) is 2.64. The summed E-state index contributed by atoms with van der Waals surface area (Å²) in [5.41, 5.74) is 3.30. The molecular formula is C23H31NO. The first-order valence-corrected chi connectivity index (χ1v) is 9.20. The van der Waals surface area contributed by atoms with Gasteiger partial charge in [0.1, 0.15) is 5.60 Å². The highest BCUT2D eigenvalue weighted by Crippen LogP contribution is 2.40. The normalized spacial score (nSPS) is 12.6. The van der Waals surface area contributed by atoms with Crippen LogP contribution in [0, 0.1) is 5.92 Å². The maximum absolute atomic E-state index is 6.49. The summed E-state index contributed by atoms with van der Waals surface area (Å²) in [6.07, 6.45) is 2.22. The largest absolute Gasteiger partial charge is 0.365 e. The molecule has 2 heteroatoms. The molecule has 0 amide bonds. The van der Waals surface area contributed by atoms with E-state index in [1.165, 1.54) is 16.7 Å². The molecule has 2 aromatic rings. The fraction of sp³-hybridized carbons (Fsp3) is 0.391. The van der Waals surface area contributed by atoms with Crippen LogP contribution in [0.25, 0.3) is 0 Å². The minimum atomic E-state index is -0.449. The number of hydrogen-bond donors (Lipinski definition) is 1. The Balaban J connectivity index is 2.38. The number of benzene rings is 2. The lowest BCUT2D eigenvalue weighted by Gasteiger charge is -2.40. The molecule has 0 fully saturated rings. The summed E-state index contributed by atoms with van der Waals surface area (Å²) >= 11 is 0. The molecule has 1 atom stereocenters. The van der Waals surface area contributed by atoms with Crippen molar-refractivity contribution in [1.82, 2.24) is 5.32 Å². The predicted octanol–water partition coefficient (Wildman–Crippen LogP) is 5.16. The first-order chi connectivity index (χ1) is 12.1. The minimum absolute atomic E-state index is 0.280. The van der Waals surface area contributed by atoms with Gasteiger partial charge in [0, 0.05) is 25.6 Å². The second-order valence-electron chi connectivity index (χ2n) is 6.74. The van der Waals surface area contributed by atoms with Gasteiger partial charge in [-0.3, -0.25) is 0 Å². The van der Waals surface area contributed by atoms with E-state index < -0.39 is 5.60 Å². The quantitative estimate of drug-likeness (QED) is 0.504. The zero-order valence-electron chi connectivity index (χ0n) is 16.0. The highest BCUT2D eigenvalue weighted by atomic mass is 16.5. The second kappa shape index (κ2) is 9.55. The molecule has 0 aliphatic rings. The molecule has 0 aliphatic carbocycles. The van der Waals surface area contributed by atoms with Gasteiger partial charge in [0.15, 0.2) is 0 Å². The lowest BCUT2D eigenvalue weighted by atomic mass is 9.76. The average molecular weight is 338 g/mol. The second-order valence-corrected chi connectivity index (χ2v) is 6.74. The van der Waals surface area contributed by atoms with Gasteiger partial charge in [-0.2, -0.15) is 0 Å². The van der Waals surface area contributed by atoms with E-state index in [9.17, 15) is 0 Å². The van der Waals surface area contributed by atoms with Crippen LogP contribution in [0.1, 0.15) is 38.8 Å². The van der Waals surface area contributed by atoms with Crippen molar-refractivity contribution in [2.24, 2.45) is 5.92 Å². The van der Waals surface area contributed by atoms with E-state index in [1.807, 2.05) is 0 Å². The summed E-state index contributed by atoms with van der Waals surface area (Å²) in [6.45, 7) is 11.0. The van der Waals surface area contributed by atoms with Gasteiger partial charge in [-0.15, -0.1) is 0 Å². The summed E-state index contributed by atoms with van der Waals surface area (Å²) in [5, 5.41) is 3.56. The summed E-state index contributed by atoms with van der Waals surface area (Å²) in [7, 11) is 0. The van der Waals surface area contributed by atoms with E-state index in [0.717, 1.165) is 13.1 Å². The minimum Gasteiger partial charge on any atom is -0.365 e. The molecule has 0 heterocycles. The number of allylic oxidation sites excluding steroid dienone is 1. The Hall–Kier alpha value is -1.90. The predicted molar refractivity (Wildman–Crippen MR) is 107 cm³/mol. The van der Waals surface area contributed by atoms with Crippen LogP contribution in [0.15, 0.2) is 72.3 Å². The van der Waals surface area contributed by atoms with E-state index >= 15 is 0 Å². The van der Waals surface area contributed by atoms with Crippen LogP contribution < -0.4 is 5.32 Å². The lowest BCUT2D eigenvalue weighted by molar-refractivity contribution is -0.0505. The molecule has 0 saturated heterocycles. The van der Waals surface area contributed by atoms with Crippen molar-refractivity contribution in [2.75, 3.05) is 19.7 Å². The smallest absolute Gasteiger partial charge is 0.122 e. The Morgan fingerprint density at radius 2 is 1.52 bits per heavy atom. The van der Waals surface area contributed by atoms with Gasteiger partial charge >= 0.3 is 0 Å². The third-order valence-corrected chi connectivity index (χ3v) is 4.58. The third-order valence-electron chi connectivity index (χ3n) is 4.58. The number of hydrogen-bond acceptors (Lipinski definition) is 2. The molecule has 25 heavy (non-hydrogen) atoms. The molecule has 0 saturated carbocycles. The van der Waals surface area contributed by atoms with E-state index in [2.05, 4.69) is 99.8 Å². The summed E-state index contributed by atoms with van der Waals surface area (Å²) < 4.78 is 6.49. The van der Waals surface area contributed by atoms with Crippen LogP contribution in [0.5, 0.6) is 0 Å². The highest BCUT2D eigenvalue weighted by Gasteiger charge is 2.40. The molecule has 2 nitrogen and oxygen atoms in total. The zero-order valence-corrected chi connectivity index (χ0v) is 16.0. The van der Waals surface area contributed by atoms with Gasteiger partial charge in [-0.05, 0) is 31.9 Å². The molecule has 1 unspecified atom stereocenters. The lowest BCUT2D eigenvalue weighted by Crippen LogP contribution is -2.43. The van der Waals surface area contributed by atoms with Gasteiger partial charge in [0.25, 0.3) is 0 Å². The van der Waals surface area contributed by atoms with Crippen LogP contribution in [-0.4, -0.2) is 19.7 Å². The Bertz CT molecular complexity index is 605. The van der Waals surface area contributed by atoms with Crippen molar-refractivity contribution >= 4 is 0 Å². The summed E-state index contributed by atoms with van der Waals surface area (Å²) in [6, 6.07) is 21.2. The van der Waals surface area contributed by atoms with Crippen LogP contribution in [0.3, 0.4) is 0 Å².